The van der Waals surface area contributed by atoms with E-state index in [2.05, 4.69) is 13.8 Å². The first kappa shape index (κ1) is 27.9. The molecular weight excluding hydrogens is 447 g/mol. The minimum Gasteiger partial charge on any atom is -0.744 e. The fraction of sp³-hybridized carbons (Fsp3) is 0.462. The van der Waals surface area contributed by atoms with Crippen LogP contribution in [0.15, 0.2) is 47.4 Å². The fourth-order valence-electron chi connectivity index (χ4n) is 3.95. The summed E-state index contributed by atoms with van der Waals surface area (Å²) in [5.74, 6) is 1.32. The zero-order valence-electron chi connectivity index (χ0n) is 20.1. The van der Waals surface area contributed by atoms with Gasteiger partial charge < -0.3 is 14.0 Å². The van der Waals surface area contributed by atoms with Gasteiger partial charge in [0.05, 0.1) is 18.1 Å². The number of benzene rings is 3. The number of ether oxygens (including phenoxy) is 2. The zero-order chi connectivity index (χ0) is 23.0. The second-order valence-corrected chi connectivity index (χ2v) is 9.56. The molecule has 0 unspecified atom stereocenters. The molecular formula is C26H33NaO5S. The van der Waals surface area contributed by atoms with Crippen LogP contribution in [0, 0.1) is 0 Å². The maximum absolute atomic E-state index is 11.7. The quantitative estimate of drug-likeness (QED) is 0.161. The summed E-state index contributed by atoms with van der Waals surface area (Å²) in [5, 5.41) is 3.14. The van der Waals surface area contributed by atoms with E-state index in [0.29, 0.717) is 30.1 Å². The minimum atomic E-state index is -4.58. The van der Waals surface area contributed by atoms with Crippen LogP contribution in [0.1, 0.15) is 65.2 Å². The second kappa shape index (κ2) is 13.5. The molecule has 0 amide bonds. The molecule has 0 saturated carbocycles. The molecule has 0 radical (unpaired) electrons. The van der Waals surface area contributed by atoms with Crippen LogP contribution in [0.25, 0.3) is 21.5 Å². The standard InChI is InChI=1S/C26H34O5S.Na/c1-3-5-7-11-17-30-25-21-13-9-10-14-22(21)26(31-18-12-8-6-4-2)24-19-20(32(27,28)29)15-16-23(24)25;/h9-10,13-16,19H,3-8,11-12,17-18H2,1-2H3,(H,27,28,29);/q;+1/p-1. The molecule has 7 heteroatoms. The number of fused-ring (bicyclic) bond motifs is 2. The first-order chi connectivity index (χ1) is 15.5. The number of hydrogen-bond donors (Lipinski definition) is 0. The largest absolute Gasteiger partial charge is 1.00 e. The Morgan fingerprint density at radius 2 is 1.18 bits per heavy atom. The van der Waals surface area contributed by atoms with Crippen LogP contribution in [-0.2, 0) is 10.1 Å². The summed E-state index contributed by atoms with van der Waals surface area (Å²) < 4.78 is 47.6. The average Bonchev–Trinajstić information content (AvgIpc) is 2.78. The van der Waals surface area contributed by atoms with Gasteiger partial charge in [-0.3, -0.25) is 0 Å². The normalized spacial score (nSPS) is 11.5. The predicted octanol–water partition coefficient (Wildman–Crippen LogP) is 3.82. The van der Waals surface area contributed by atoms with E-state index >= 15 is 0 Å². The Morgan fingerprint density at radius 3 is 1.67 bits per heavy atom. The summed E-state index contributed by atoms with van der Waals surface area (Å²) in [4.78, 5) is -0.259. The molecule has 0 aliphatic carbocycles. The summed E-state index contributed by atoms with van der Waals surface area (Å²) in [6.07, 6.45) is 8.65. The Labute approximate surface area is 219 Å². The van der Waals surface area contributed by atoms with Crippen molar-refractivity contribution in [2.24, 2.45) is 0 Å². The second-order valence-electron chi connectivity index (χ2n) is 8.18. The van der Waals surface area contributed by atoms with Gasteiger partial charge in [-0.1, -0.05) is 76.6 Å². The minimum absolute atomic E-state index is 0. The van der Waals surface area contributed by atoms with E-state index in [1.807, 2.05) is 24.3 Å². The zero-order valence-corrected chi connectivity index (χ0v) is 22.9. The van der Waals surface area contributed by atoms with Crippen molar-refractivity contribution in [2.75, 3.05) is 13.2 Å². The molecule has 0 N–H and O–H groups in total. The molecule has 0 fully saturated rings. The van der Waals surface area contributed by atoms with E-state index in [4.69, 9.17) is 9.47 Å². The first-order valence-corrected chi connectivity index (χ1v) is 13.1. The van der Waals surface area contributed by atoms with Gasteiger partial charge in [0.15, 0.2) is 0 Å². The number of rotatable bonds is 13. The molecule has 174 valence electrons. The molecule has 3 aromatic carbocycles. The predicted molar refractivity (Wildman–Crippen MR) is 129 cm³/mol. The van der Waals surface area contributed by atoms with E-state index in [0.717, 1.165) is 61.1 Å². The third-order valence-electron chi connectivity index (χ3n) is 5.67. The van der Waals surface area contributed by atoms with Crippen molar-refractivity contribution in [2.45, 2.75) is 70.1 Å². The van der Waals surface area contributed by atoms with Crippen molar-refractivity contribution < 1.29 is 52.0 Å². The molecule has 0 bridgehead atoms. The Hall–Kier alpha value is -1.31. The van der Waals surface area contributed by atoms with Crippen LogP contribution in [0.4, 0.5) is 0 Å². The van der Waals surface area contributed by atoms with Crippen LogP contribution in [0.5, 0.6) is 11.5 Å². The number of unbranched alkanes of at least 4 members (excludes halogenated alkanes) is 6. The Morgan fingerprint density at radius 1 is 0.697 bits per heavy atom. The van der Waals surface area contributed by atoms with Crippen LogP contribution in [-0.4, -0.2) is 26.2 Å². The Kier molecular flexibility index (Phi) is 11.5. The van der Waals surface area contributed by atoms with Crippen LogP contribution in [0.3, 0.4) is 0 Å². The first-order valence-electron chi connectivity index (χ1n) is 11.7. The van der Waals surface area contributed by atoms with Crippen molar-refractivity contribution in [1.29, 1.82) is 0 Å². The SMILES string of the molecule is CCCCCCOc1c2ccccc2c(OCCCCCC)c2cc(S(=O)(=O)[O-])ccc12.[Na+]. The van der Waals surface area contributed by atoms with Gasteiger partial charge in [0.2, 0.25) is 0 Å². The summed E-state index contributed by atoms with van der Waals surface area (Å²) in [5.41, 5.74) is 0. The maximum atomic E-state index is 11.7. The van der Waals surface area contributed by atoms with Gasteiger partial charge in [-0.2, -0.15) is 0 Å². The topological polar surface area (TPSA) is 75.7 Å². The Balaban J connectivity index is 0.00000385. The van der Waals surface area contributed by atoms with Gasteiger partial charge in [0.1, 0.15) is 21.6 Å². The van der Waals surface area contributed by atoms with Crippen LogP contribution >= 0.6 is 0 Å². The molecule has 33 heavy (non-hydrogen) atoms. The summed E-state index contributed by atoms with van der Waals surface area (Å²) in [6.45, 7) is 5.45. The smallest absolute Gasteiger partial charge is 0.744 e. The van der Waals surface area contributed by atoms with Gasteiger partial charge in [0.25, 0.3) is 0 Å². The van der Waals surface area contributed by atoms with E-state index in [1.54, 1.807) is 6.07 Å². The Bertz CT molecular complexity index is 1140. The maximum Gasteiger partial charge on any atom is 1.00 e. The van der Waals surface area contributed by atoms with E-state index in [1.165, 1.54) is 18.6 Å². The number of hydrogen-bond acceptors (Lipinski definition) is 5. The molecule has 0 aromatic heterocycles. The van der Waals surface area contributed by atoms with Crippen molar-refractivity contribution in [1.82, 2.24) is 0 Å². The van der Waals surface area contributed by atoms with Gasteiger partial charge >= 0.3 is 29.6 Å². The molecule has 0 aliphatic heterocycles. The summed E-state index contributed by atoms with van der Waals surface area (Å²) >= 11 is 0. The third kappa shape index (κ3) is 7.33. The summed E-state index contributed by atoms with van der Waals surface area (Å²) in [6, 6.07) is 12.3. The fourth-order valence-corrected chi connectivity index (χ4v) is 4.45. The molecule has 3 aromatic rings. The van der Waals surface area contributed by atoms with Crippen molar-refractivity contribution in [3.8, 4) is 11.5 Å². The third-order valence-corrected chi connectivity index (χ3v) is 6.51. The van der Waals surface area contributed by atoms with Gasteiger partial charge in [-0.25, -0.2) is 8.42 Å². The van der Waals surface area contributed by atoms with Crippen LogP contribution < -0.4 is 39.0 Å². The molecule has 0 aliphatic rings. The van der Waals surface area contributed by atoms with E-state index < -0.39 is 10.1 Å². The molecule has 0 atom stereocenters. The van der Waals surface area contributed by atoms with E-state index in [-0.39, 0.29) is 34.5 Å². The van der Waals surface area contributed by atoms with Gasteiger partial charge in [-0.05, 0) is 31.0 Å². The summed E-state index contributed by atoms with van der Waals surface area (Å²) in [7, 11) is -4.58. The molecule has 0 spiro atoms. The van der Waals surface area contributed by atoms with E-state index in [9.17, 15) is 13.0 Å². The molecule has 0 saturated heterocycles. The molecule has 5 nitrogen and oxygen atoms in total. The van der Waals surface area contributed by atoms with Gasteiger partial charge in [0, 0.05) is 21.5 Å². The monoisotopic (exact) mass is 480 g/mol. The molecule has 3 rings (SSSR count). The van der Waals surface area contributed by atoms with Crippen molar-refractivity contribution >= 4 is 31.7 Å². The molecule has 0 heterocycles. The van der Waals surface area contributed by atoms with Gasteiger partial charge in [-0.15, -0.1) is 0 Å². The van der Waals surface area contributed by atoms with Crippen LogP contribution in [0.2, 0.25) is 0 Å². The van der Waals surface area contributed by atoms with Crippen molar-refractivity contribution in [3.63, 3.8) is 0 Å². The average molecular weight is 481 g/mol. The van der Waals surface area contributed by atoms with Crippen molar-refractivity contribution in [3.05, 3.63) is 42.5 Å².